The van der Waals surface area contributed by atoms with E-state index in [0.717, 1.165) is 46.0 Å². The smallest absolute Gasteiger partial charge is 0.0974 e. The molecule has 8 rings (SSSR count). The molecule has 0 unspecified atom stereocenters. The molecule has 0 amide bonds. The number of nitrogens with zero attached hydrogens (tertiary/aromatic N) is 2. The Bertz CT molecular complexity index is 2300. The number of hydrogen-bond donors (Lipinski definition) is 0. The van der Waals surface area contributed by atoms with Gasteiger partial charge in [0.05, 0.1) is 11.0 Å². The number of aromatic nitrogens is 2. The average molecular weight is 539 g/mol. The summed E-state index contributed by atoms with van der Waals surface area (Å²) >= 11 is 0. The lowest BCUT2D eigenvalue weighted by molar-refractivity contribution is 1.05. The van der Waals surface area contributed by atoms with Crippen LogP contribution in [0.1, 0.15) is 25.2 Å². The minimum absolute atomic E-state index is 0.873. The molecule has 0 atom stereocenters. The Kier molecular flexibility index (Phi) is 5.75. The van der Waals surface area contributed by atoms with Crippen molar-refractivity contribution in [2.75, 3.05) is 0 Å². The van der Waals surface area contributed by atoms with E-state index in [2.05, 4.69) is 135 Å². The van der Waals surface area contributed by atoms with Crippen molar-refractivity contribution >= 4 is 54.1 Å². The Labute approximate surface area is 245 Å². The van der Waals surface area contributed by atoms with Crippen molar-refractivity contribution in [2.45, 2.75) is 26.7 Å². The van der Waals surface area contributed by atoms with Crippen molar-refractivity contribution in [2.24, 2.45) is 0 Å². The van der Waals surface area contributed by atoms with E-state index in [0.29, 0.717) is 0 Å². The highest BCUT2D eigenvalue weighted by atomic mass is 14.8. The van der Waals surface area contributed by atoms with E-state index < -0.39 is 0 Å². The van der Waals surface area contributed by atoms with Gasteiger partial charge in [-0.3, -0.25) is 9.97 Å². The van der Waals surface area contributed by atoms with Gasteiger partial charge in [0.1, 0.15) is 0 Å². The van der Waals surface area contributed by atoms with Crippen LogP contribution in [0.2, 0.25) is 0 Å². The summed E-state index contributed by atoms with van der Waals surface area (Å²) < 4.78 is 0. The lowest BCUT2D eigenvalue weighted by Gasteiger charge is -2.14. The van der Waals surface area contributed by atoms with E-state index in [1.54, 1.807) is 0 Å². The van der Waals surface area contributed by atoms with Crippen LogP contribution in [0.25, 0.3) is 76.4 Å². The summed E-state index contributed by atoms with van der Waals surface area (Å²) in [4.78, 5) is 10.1. The monoisotopic (exact) mass is 538 g/mol. The van der Waals surface area contributed by atoms with Crippen LogP contribution in [-0.2, 0) is 12.8 Å². The van der Waals surface area contributed by atoms with Gasteiger partial charge in [-0.05, 0) is 91.7 Å². The lowest BCUT2D eigenvalue weighted by Crippen LogP contribution is -1.96. The van der Waals surface area contributed by atoms with Crippen LogP contribution >= 0.6 is 0 Å². The number of hydrogen-bond acceptors (Lipinski definition) is 2. The van der Waals surface area contributed by atoms with Gasteiger partial charge in [0.25, 0.3) is 0 Å². The van der Waals surface area contributed by atoms with Gasteiger partial charge in [0.15, 0.2) is 0 Å². The predicted octanol–water partition coefficient (Wildman–Crippen LogP) is 10.7. The quantitative estimate of drug-likeness (QED) is 0.208. The fourth-order valence-corrected chi connectivity index (χ4v) is 6.54. The summed E-state index contributed by atoms with van der Waals surface area (Å²) in [6.07, 6.45) is 1.78. The van der Waals surface area contributed by atoms with Crippen LogP contribution in [-0.4, -0.2) is 9.97 Å². The third-order valence-corrected chi connectivity index (χ3v) is 8.73. The van der Waals surface area contributed by atoms with Crippen LogP contribution in [0.3, 0.4) is 0 Å². The summed E-state index contributed by atoms with van der Waals surface area (Å²) in [5.74, 6) is 0. The summed E-state index contributed by atoms with van der Waals surface area (Å²) in [7, 11) is 0. The van der Waals surface area contributed by atoms with Gasteiger partial charge < -0.3 is 0 Å². The summed E-state index contributed by atoms with van der Waals surface area (Å²) in [5.41, 5.74) is 9.01. The van der Waals surface area contributed by atoms with Gasteiger partial charge >= 0.3 is 0 Å². The van der Waals surface area contributed by atoms with Crippen LogP contribution in [0.4, 0.5) is 0 Å². The van der Waals surface area contributed by atoms with Gasteiger partial charge in [-0.2, -0.15) is 0 Å². The molecule has 0 aliphatic heterocycles. The molecule has 2 nitrogen and oxygen atoms in total. The standard InChI is InChI=1S/C40H30N2/c1-3-29-19-16-25-17-21-36-37(24-30(4-2)42-40(36)39(25)41-29)28-11-9-10-26(22-28)27-18-20-35-33-14-6-5-12-31(33)32-13-7-8-15-34(32)38(35)23-27/h5-24H,3-4H2,1-2H3. The molecule has 0 aliphatic carbocycles. The first-order valence-electron chi connectivity index (χ1n) is 14.9. The first-order chi connectivity index (χ1) is 20.7. The topological polar surface area (TPSA) is 25.8 Å². The molecule has 8 aromatic rings. The van der Waals surface area contributed by atoms with Crippen molar-refractivity contribution in [3.05, 3.63) is 133 Å². The molecule has 0 spiro atoms. The van der Waals surface area contributed by atoms with E-state index in [9.17, 15) is 0 Å². The second kappa shape index (κ2) is 9.78. The minimum atomic E-state index is 0.873. The van der Waals surface area contributed by atoms with Crippen LogP contribution in [0.5, 0.6) is 0 Å². The van der Waals surface area contributed by atoms with Crippen molar-refractivity contribution in [1.29, 1.82) is 0 Å². The number of pyridine rings is 2. The molecule has 0 saturated carbocycles. The molecule has 0 bridgehead atoms. The molecule has 2 heteroatoms. The molecular formula is C40H30N2. The molecule has 42 heavy (non-hydrogen) atoms. The normalized spacial score (nSPS) is 11.8. The number of benzene rings is 6. The maximum atomic E-state index is 5.09. The second-order valence-electron chi connectivity index (χ2n) is 11.1. The Hall–Kier alpha value is -5.08. The van der Waals surface area contributed by atoms with Gasteiger partial charge in [0.2, 0.25) is 0 Å². The molecule has 2 aromatic heterocycles. The highest BCUT2D eigenvalue weighted by Gasteiger charge is 2.14. The van der Waals surface area contributed by atoms with E-state index in [1.807, 2.05) is 0 Å². The highest BCUT2D eigenvalue weighted by molar-refractivity contribution is 6.25. The zero-order valence-corrected chi connectivity index (χ0v) is 23.9. The third kappa shape index (κ3) is 3.87. The largest absolute Gasteiger partial charge is 0.251 e. The van der Waals surface area contributed by atoms with Gasteiger partial charge in [-0.1, -0.05) is 111 Å². The third-order valence-electron chi connectivity index (χ3n) is 8.73. The van der Waals surface area contributed by atoms with Gasteiger partial charge in [-0.25, -0.2) is 0 Å². The van der Waals surface area contributed by atoms with Crippen LogP contribution in [0.15, 0.2) is 121 Å². The van der Waals surface area contributed by atoms with E-state index >= 15 is 0 Å². The van der Waals surface area contributed by atoms with E-state index in [1.165, 1.54) is 54.6 Å². The Morgan fingerprint density at radius 3 is 1.69 bits per heavy atom. The molecule has 0 fully saturated rings. The van der Waals surface area contributed by atoms with Crippen molar-refractivity contribution in [1.82, 2.24) is 9.97 Å². The number of fused-ring (bicyclic) bond motifs is 9. The molecule has 200 valence electrons. The maximum Gasteiger partial charge on any atom is 0.0974 e. The summed E-state index contributed by atoms with van der Waals surface area (Å²) in [6.45, 7) is 4.33. The fraction of sp³-hybridized carbons (Fsp3) is 0.100. The first-order valence-corrected chi connectivity index (χ1v) is 14.9. The first kappa shape index (κ1) is 24.7. The van der Waals surface area contributed by atoms with Crippen molar-refractivity contribution < 1.29 is 0 Å². The molecule has 2 heterocycles. The molecule has 0 aliphatic rings. The maximum absolute atomic E-state index is 5.09. The molecule has 6 aromatic carbocycles. The molecular weight excluding hydrogens is 508 g/mol. The van der Waals surface area contributed by atoms with Crippen LogP contribution < -0.4 is 0 Å². The van der Waals surface area contributed by atoms with E-state index in [-0.39, 0.29) is 0 Å². The van der Waals surface area contributed by atoms with E-state index in [4.69, 9.17) is 9.97 Å². The Morgan fingerprint density at radius 1 is 0.405 bits per heavy atom. The van der Waals surface area contributed by atoms with Crippen molar-refractivity contribution in [3.63, 3.8) is 0 Å². The lowest BCUT2D eigenvalue weighted by atomic mass is 9.91. The second-order valence-corrected chi connectivity index (χ2v) is 11.1. The molecule has 0 radical (unpaired) electrons. The summed E-state index contributed by atoms with van der Waals surface area (Å²) in [5, 5.41) is 10.1. The van der Waals surface area contributed by atoms with Crippen molar-refractivity contribution in [3.8, 4) is 22.3 Å². The average Bonchev–Trinajstić information content (AvgIpc) is 3.07. The molecule has 0 saturated heterocycles. The number of aryl methyl sites for hydroxylation is 2. The minimum Gasteiger partial charge on any atom is -0.251 e. The van der Waals surface area contributed by atoms with Gasteiger partial charge in [0, 0.05) is 22.2 Å². The summed E-state index contributed by atoms with van der Waals surface area (Å²) in [6, 6.07) is 44.4. The highest BCUT2D eigenvalue weighted by Crippen LogP contribution is 2.38. The zero-order valence-electron chi connectivity index (χ0n) is 23.9. The SMILES string of the molecule is CCc1ccc2ccc3c(-c4cccc(-c5ccc6c7ccccc7c7ccccc7c6c5)c4)cc(CC)nc3c2n1. The van der Waals surface area contributed by atoms with Gasteiger partial charge in [-0.15, -0.1) is 0 Å². The molecule has 0 N–H and O–H groups in total. The number of rotatable bonds is 4. The zero-order chi connectivity index (χ0) is 28.2. The fourth-order valence-electron chi connectivity index (χ4n) is 6.54. The van der Waals surface area contributed by atoms with Crippen LogP contribution in [0, 0.1) is 0 Å². The Morgan fingerprint density at radius 2 is 0.976 bits per heavy atom. The predicted molar refractivity (Wildman–Crippen MR) is 179 cm³/mol. The Balaban J connectivity index is 1.34.